The summed E-state index contributed by atoms with van der Waals surface area (Å²) in [5, 5.41) is 12.4. The van der Waals surface area contributed by atoms with Gasteiger partial charge in [0.1, 0.15) is 0 Å². The highest BCUT2D eigenvalue weighted by atomic mass is 16.4. The Labute approximate surface area is 117 Å². The number of nitrogens with one attached hydrogen (secondary N) is 1. The van der Waals surface area contributed by atoms with Gasteiger partial charge in [-0.25, -0.2) is 0 Å². The van der Waals surface area contributed by atoms with Crippen LogP contribution in [0.3, 0.4) is 0 Å². The number of fused-ring (bicyclic) bond motifs is 1. The highest BCUT2D eigenvalue weighted by molar-refractivity contribution is 5.91. The molecular weight excluding hydrogens is 252 g/mol. The average Bonchev–Trinajstić information content (AvgIpc) is 2.96. The first kappa shape index (κ1) is 12.7. The Morgan fingerprint density at radius 2 is 2.05 bits per heavy atom. The van der Waals surface area contributed by atoms with E-state index < -0.39 is 0 Å². The van der Waals surface area contributed by atoms with E-state index in [2.05, 4.69) is 20.5 Å². The maximum absolute atomic E-state index is 5.75. The largest absolute Gasteiger partial charge is 0.421 e. The monoisotopic (exact) mass is 268 g/mol. The molecule has 0 atom stereocenters. The molecule has 0 spiro atoms. The fourth-order valence-corrected chi connectivity index (χ4v) is 2.16. The summed E-state index contributed by atoms with van der Waals surface area (Å²) in [7, 11) is 1.93. The van der Waals surface area contributed by atoms with E-state index in [9.17, 15) is 0 Å². The predicted octanol–water partition coefficient (Wildman–Crippen LogP) is 2.44. The zero-order chi connectivity index (χ0) is 13.8. The number of para-hydroxylation sites is 1. The molecule has 0 saturated heterocycles. The number of pyridine rings is 1. The normalized spacial score (nSPS) is 11.1. The van der Waals surface area contributed by atoms with Crippen LogP contribution in [0.1, 0.15) is 12.3 Å². The molecule has 0 aliphatic rings. The number of aryl methyl sites for hydroxylation is 1. The second-order valence-corrected chi connectivity index (χ2v) is 4.58. The van der Waals surface area contributed by atoms with Crippen molar-refractivity contribution in [3.63, 3.8) is 0 Å². The molecule has 20 heavy (non-hydrogen) atoms. The summed E-state index contributed by atoms with van der Waals surface area (Å²) in [5.41, 5.74) is 1.86. The van der Waals surface area contributed by atoms with E-state index in [0.29, 0.717) is 11.8 Å². The minimum Gasteiger partial charge on any atom is -0.421 e. The maximum atomic E-state index is 5.75. The van der Waals surface area contributed by atoms with Crippen LogP contribution in [-0.2, 0) is 6.42 Å². The second kappa shape index (κ2) is 5.79. The molecule has 2 aromatic heterocycles. The van der Waals surface area contributed by atoms with Gasteiger partial charge in [0.15, 0.2) is 0 Å². The first-order chi connectivity index (χ1) is 9.88. The number of benzene rings is 1. The molecule has 5 heteroatoms. The summed E-state index contributed by atoms with van der Waals surface area (Å²) in [6.07, 6.45) is 3.54. The van der Waals surface area contributed by atoms with Gasteiger partial charge in [-0.3, -0.25) is 4.98 Å². The topological polar surface area (TPSA) is 63.8 Å². The van der Waals surface area contributed by atoms with Crippen molar-refractivity contribution in [1.82, 2.24) is 20.5 Å². The third-order valence-electron chi connectivity index (χ3n) is 3.16. The summed E-state index contributed by atoms with van der Waals surface area (Å²) < 4.78 is 5.75. The quantitative estimate of drug-likeness (QED) is 0.720. The Morgan fingerprint density at radius 3 is 2.95 bits per heavy atom. The molecule has 1 aromatic carbocycles. The van der Waals surface area contributed by atoms with E-state index >= 15 is 0 Å². The van der Waals surface area contributed by atoms with Crippen LogP contribution in [0.25, 0.3) is 22.4 Å². The van der Waals surface area contributed by atoms with Gasteiger partial charge in [0.05, 0.1) is 5.52 Å². The number of nitrogens with zero attached hydrogens (tertiary/aromatic N) is 3. The molecule has 5 nitrogen and oxygen atoms in total. The number of rotatable bonds is 5. The molecule has 0 amide bonds. The first-order valence-corrected chi connectivity index (χ1v) is 6.69. The molecular formula is C15H16N4O. The minimum atomic E-state index is 0.558. The van der Waals surface area contributed by atoms with Crippen LogP contribution < -0.4 is 5.32 Å². The van der Waals surface area contributed by atoms with Gasteiger partial charge in [-0.05, 0) is 32.1 Å². The van der Waals surface area contributed by atoms with Crippen molar-refractivity contribution in [2.24, 2.45) is 0 Å². The van der Waals surface area contributed by atoms with Gasteiger partial charge < -0.3 is 9.73 Å². The lowest BCUT2D eigenvalue weighted by Crippen LogP contribution is -2.08. The first-order valence-electron chi connectivity index (χ1n) is 6.69. The second-order valence-electron chi connectivity index (χ2n) is 4.58. The summed E-state index contributed by atoms with van der Waals surface area (Å²) in [6.45, 7) is 0.940. The molecule has 0 bridgehead atoms. The lowest BCUT2D eigenvalue weighted by atomic mass is 10.1. The van der Waals surface area contributed by atoms with E-state index in [0.717, 1.165) is 35.9 Å². The van der Waals surface area contributed by atoms with Crippen LogP contribution in [0, 0.1) is 0 Å². The van der Waals surface area contributed by atoms with E-state index in [1.807, 2.05) is 37.4 Å². The Balaban J connectivity index is 1.91. The van der Waals surface area contributed by atoms with Crippen molar-refractivity contribution in [3.8, 4) is 11.5 Å². The molecule has 102 valence electrons. The van der Waals surface area contributed by atoms with Crippen molar-refractivity contribution in [1.29, 1.82) is 0 Å². The third kappa shape index (κ3) is 2.53. The molecule has 1 N–H and O–H groups in total. The van der Waals surface area contributed by atoms with Crippen LogP contribution in [0.2, 0.25) is 0 Å². The van der Waals surface area contributed by atoms with Crippen LogP contribution in [0.15, 0.2) is 40.9 Å². The van der Waals surface area contributed by atoms with Crippen molar-refractivity contribution < 1.29 is 4.42 Å². The van der Waals surface area contributed by atoms with Crippen LogP contribution >= 0.6 is 0 Å². The fourth-order valence-electron chi connectivity index (χ4n) is 2.16. The molecule has 3 rings (SSSR count). The maximum Gasteiger partial charge on any atom is 0.248 e. The molecule has 2 heterocycles. The highest BCUT2D eigenvalue weighted by Gasteiger charge is 2.11. The van der Waals surface area contributed by atoms with Crippen LogP contribution in [-0.4, -0.2) is 28.8 Å². The lowest BCUT2D eigenvalue weighted by Gasteiger charge is -2.01. The molecule has 3 aromatic rings. The predicted molar refractivity (Wildman–Crippen MR) is 77.3 cm³/mol. The summed E-state index contributed by atoms with van der Waals surface area (Å²) in [6, 6.07) is 9.85. The van der Waals surface area contributed by atoms with Gasteiger partial charge in [0, 0.05) is 23.6 Å². The number of hydrogen-bond donors (Lipinski definition) is 1. The molecule has 0 aliphatic carbocycles. The van der Waals surface area contributed by atoms with Crippen molar-refractivity contribution in [2.45, 2.75) is 12.8 Å². The average molecular weight is 268 g/mol. The molecule has 0 unspecified atom stereocenters. The summed E-state index contributed by atoms with van der Waals surface area (Å²) in [4.78, 5) is 4.34. The van der Waals surface area contributed by atoms with Crippen molar-refractivity contribution in [3.05, 3.63) is 42.4 Å². The van der Waals surface area contributed by atoms with Gasteiger partial charge in [-0.2, -0.15) is 0 Å². The van der Waals surface area contributed by atoms with Gasteiger partial charge in [-0.1, -0.05) is 18.2 Å². The number of aromatic nitrogens is 3. The number of hydrogen-bond acceptors (Lipinski definition) is 5. The zero-order valence-corrected chi connectivity index (χ0v) is 11.3. The fraction of sp³-hybridized carbons (Fsp3) is 0.267. The molecule has 0 aliphatic heterocycles. The lowest BCUT2D eigenvalue weighted by molar-refractivity contribution is 0.495. The van der Waals surface area contributed by atoms with E-state index in [4.69, 9.17) is 4.42 Å². The van der Waals surface area contributed by atoms with Crippen LogP contribution in [0.5, 0.6) is 0 Å². The van der Waals surface area contributed by atoms with Crippen LogP contribution in [0.4, 0.5) is 0 Å². The molecule has 0 saturated carbocycles. The Bertz CT molecular complexity index is 702. The zero-order valence-electron chi connectivity index (χ0n) is 11.3. The van der Waals surface area contributed by atoms with Gasteiger partial charge in [0.25, 0.3) is 0 Å². The Morgan fingerprint density at radius 1 is 1.15 bits per heavy atom. The smallest absolute Gasteiger partial charge is 0.248 e. The van der Waals surface area contributed by atoms with Gasteiger partial charge in [-0.15, -0.1) is 10.2 Å². The van der Waals surface area contributed by atoms with Gasteiger partial charge in [0.2, 0.25) is 11.8 Å². The highest BCUT2D eigenvalue weighted by Crippen LogP contribution is 2.26. The standard InChI is InChI=1S/C15H16N4O/c1-16-9-4-7-14-18-19-15(20-14)12-8-10-17-13-6-3-2-5-11(12)13/h2-3,5-6,8,10,16H,4,7,9H2,1H3. The van der Waals surface area contributed by atoms with Gasteiger partial charge >= 0.3 is 0 Å². The van der Waals surface area contributed by atoms with E-state index in [1.165, 1.54) is 0 Å². The van der Waals surface area contributed by atoms with E-state index in [-0.39, 0.29) is 0 Å². The minimum absolute atomic E-state index is 0.558. The summed E-state index contributed by atoms with van der Waals surface area (Å²) in [5.74, 6) is 1.24. The summed E-state index contributed by atoms with van der Waals surface area (Å²) >= 11 is 0. The molecule has 0 fully saturated rings. The molecule has 0 radical (unpaired) electrons. The third-order valence-corrected chi connectivity index (χ3v) is 3.16. The SMILES string of the molecule is CNCCCc1nnc(-c2ccnc3ccccc23)o1. The Kier molecular flexibility index (Phi) is 3.69. The van der Waals surface area contributed by atoms with Crippen molar-refractivity contribution in [2.75, 3.05) is 13.6 Å². The Hall–Kier alpha value is -2.27. The van der Waals surface area contributed by atoms with Crippen molar-refractivity contribution >= 4 is 10.9 Å². The van der Waals surface area contributed by atoms with E-state index in [1.54, 1.807) is 6.20 Å².